The van der Waals surface area contributed by atoms with E-state index >= 15 is 0 Å². The minimum absolute atomic E-state index is 0.0130. The van der Waals surface area contributed by atoms with Gasteiger partial charge in [0.1, 0.15) is 47.5 Å². The Bertz CT molecular complexity index is 1130. The van der Waals surface area contributed by atoms with E-state index in [0.29, 0.717) is 12.2 Å². The molecular weight excluding hydrogens is 664 g/mol. The number of nitrogens with one attached hydrogen (secondary N) is 4. The van der Waals surface area contributed by atoms with Gasteiger partial charge in [0, 0.05) is 6.54 Å². The number of aliphatic hydroxyl groups excluding tert-OH is 5. The molecule has 1 unspecified atom stereocenters. The average Bonchev–Trinajstić information content (AvgIpc) is 3.03. The Hall–Kier alpha value is -2.24. The lowest BCUT2D eigenvalue weighted by atomic mass is 9.82. The molecule has 0 aromatic rings. The van der Waals surface area contributed by atoms with Crippen molar-refractivity contribution in [3.8, 4) is 0 Å². The lowest BCUT2D eigenvalue weighted by Crippen LogP contribution is -2.70. The normalized spacial score (nSPS) is 36.1. The summed E-state index contributed by atoms with van der Waals surface area (Å²) >= 11 is 0. The van der Waals surface area contributed by atoms with Gasteiger partial charge in [-0.25, -0.2) is 4.79 Å². The van der Waals surface area contributed by atoms with Crippen molar-refractivity contribution in [1.82, 2.24) is 21.3 Å². The highest BCUT2D eigenvalue weighted by atomic mass is 16.7. The van der Waals surface area contributed by atoms with E-state index in [1.165, 1.54) is 14.0 Å². The molecule has 2 amide bonds. The van der Waals surface area contributed by atoms with Gasteiger partial charge in [0.25, 0.3) is 0 Å². The van der Waals surface area contributed by atoms with Gasteiger partial charge >= 0.3 is 6.09 Å². The van der Waals surface area contributed by atoms with Crippen molar-refractivity contribution in [3.63, 3.8) is 0 Å². The summed E-state index contributed by atoms with van der Waals surface area (Å²) < 4.78 is 29.7. The van der Waals surface area contributed by atoms with Crippen LogP contribution in [0.25, 0.3) is 0 Å². The molecule has 0 radical (unpaired) electrons. The second-order valence-electron chi connectivity index (χ2n) is 14.1. The highest BCUT2D eigenvalue weighted by Gasteiger charge is 2.53. The molecule has 3 aliphatic rings. The van der Waals surface area contributed by atoms with Gasteiger partial charge in [0.05, 0.1) is 50.0 Å². The average molecular weight is 723 g/mol. The molecule has 0 bridgehead atoms. The minimum Gasteiger partial charge on any atom is -0.467 e. The van der Waals surface area contributed by atoms with E-state index in [-0.39, 0.29) is 39.1 Å². The zero-order valence-electron chi connectivity index (χ0n) is 29.4. The third-order valence-electron chi connectivity index (χ3n) is 8.69. The van der Waals surface area contributed by atoms with Gasteiger partial charge in [-0.1, -0.05) is 0 Å². The summed E-state index contributed by atoms with van der Waals surface area (Å²) in [5.74, 6) is -0.439. The first kappa shape index (κ1) is 42.2. The predicted octanol–water partition coefficient (Wildman–Crippen LogP) is -4.43. The molecule has 2 fully saturated rings. The third-order valence-corrected chi connectivity index (χ3v) is 8.69. The summed E-state index contributed by atoms with van der Waals surface area (Å²) in [6.45, 7) is 5.74. The van der Waals surface area contributed by atoms with Crippen molar-refractivity contribution < 1.29 is 63.9 Å². The molecule has 1 saturated carbocycles. The number of amides is 2. The number of aliphatic hydroxyl groups is 6. The van der Waals surface area contributed by atoms with Crippen LogP contribution in [0.15, 0.2) is 11.8 Å². The van der Waals surface area contributed by atoms with Crippen molar-refractivity contribution in [1.29, 1.82) is 0 Å². The molecule has 0 spiro atoms. The van der Waals surface area contributed by atoms with Crippen molar-refractivity contribution >= 4 is 12.0 Å². The molecular formula is C31H58N6O13. The molecule has 2 heterocycles. The summed E-state index contributed by atoms with van der Waals surface area (Å²) in [6.07, 6.45) is -9.97. The number of hydrogen-bond acceptors (Lipinski definition) is 17. The number of carbonyl (C=O) groups excluding carboxylic acids is 2. The van der Waals surface area contributed by atoms with Gasteiger partial charge < -0.3 is 87.1 Å². The van der Waals surface area contributed by atoms with Crippen LogP contribution in [-0.4, -0.2) is 167 Å². The first-order valence-electron chi connectivity index (χ1n) is 16.9. The SMILES string of the molecule is CN[C@@H]1[C@@H](O)[C@@H](O[C@@H]2[C@@H](O)[C@H](O[C@H]3OC(CN)=CC[C@H]3NCC(O)CO)[C@@H](NC(=O)OC(C)(C)C)C[C@H]2NC(=O)[C@@H](O)CCN)OC[C@]1(C)O. The second-order valence-corrected chi connectivity index (χ2v) is 14.1. The zero-order valence-corrected chi connectivity index (χ0v) is 29.4. The predicted molar refractivity (Wildman–Crippen MR) is 176 cm³/mol. The Morgan fingerprint density at radius 1 is 1.06 bits per heavy atom. The lowest BCUT2D eigenvalue weighted by molar-refractivity contribution is -0.304. The summed E-state index contributed by atoms with van der Waals surface area (Å²) in [5, 5.41) is 74.9. The van der Waals surface area contributed by atoms with E-state index in [0.717, 1.165) is 0 Å². The van der Waals surface area contributed by atoms with Crippen LogP contribution in [0.2, 0.25) is 0 Å². The van der Waals surface area contributed by atoms with Gasteiger partial charge in [-0.3, -0.25) is 4.79 Å². The molecule has 0 aromatic heterocycles. The summed E-state index contributed by atoms with van der Waals surface area (Å²) in [6, 6.07) is -3.71. The van der Waals surface area contributed by atoms with E-state index in [1.807, 2.05) is 0 Å². The number of rotatable bonds is 15. The van der Waals surface area contributed by atoms with E-state index in [2.05, 4.69) is 21.3 Å². The van der Waals surface area contributed by atoms with Gasteiger partial charge in [0.2, 0.25) is 12.2 Å². The third kappa shape index (κ3) is 11.4. The fraction of sp³-hybridized carbons (Fsp3) is 0.871. The molecule has 3 rings (SSSR count). The molecule has 13 atom stereocenters. The first-order chi connectivity index (χ1) is 23.4. The van der Waals surface area contributed by atoms with Crippen LogP contribution < -0.4 is 32.7 Å². The van der Waals surface area contributed by atoms with Gasteiger partial charge in [-0.2, -0.15) is 0 Å². The van der Waals surface area contributed by atoms with Crippen molar-refractivity contribution in [2.24, 2.45) is 11.5 Å². The number of ether oxygens (including phenoxy) is 5. The standard InChI is InChI=1S/C31H58N6O13/c1-30(2,3)50-29(44)37-19-10-18(36-26(43)20(40)8-9-32)23(49-28-22(42)25(34-5)31(4,45)14-46-28)21(41)24(19)48-27-17(35-12-15(39)13-38)7-6-16(11-33)47-27/h6,15,17-25,27-28,34-35,38-42,45H,7-14,32-33H2,1-5H3,(H,36,43)(H,37,44)/t15?,17-,18-,19+,20+,21-,22-,23+,24-,25-,27-,28-,31+/m1/s1. The van der Waals surface area contributed by atoms with Crippen LogP contribution in [0.1, 0.15) is 47.0 Å². The molecule has 19 heteroatoms. The van der Waals surface area contributed by atoms with Crippen molar-refractivity contribution in [3.05, 3.63) is 11.8 Å². The molecule has 290 valence electrons. The van der Waals surface area contributed by atoms with Crippen LogP contribution in [-0.2, 0) is 28.5 Å². The Morgan fingerprint density at radius 3 is 2.28 bits per heavy atom. The molecule has 19 nitrogen and oxygen atoms in total. The topological polar surface area (TPSA) is 302 Å². The van der Waals surface area contributed by atoms with E-state index in [4.69, 9.17) is 35.2 Å². The Labute approximate surface area is 292 Å². The number of hydrogen-bond donors (Lipinski definition) is 12. The monoisotopic (exact) mass is 722 g/mol. The fourth-order valence-corrected chi connectivity index (χ4v) is 6.17. The van der Waals surface area contributed by atoms with Crippen LogP contribution in [0.4, 0.5) is 4.79 Å². The number of carbonyl (C=O) groups is 2. The zero-order chi connectivity index (χ0) is 37.4. The van der Waals surface area contributed by atoms with E-state index < -0.39 is 103 Å². The van der Waals surface area contributed by atoms with Gasteiger partial charge in [0.15, 0.2) is 6.29 Å². The van der Waals surface area contributed by atoms with Crippen LogP contribution in [0.3, 0.4) is 0 Å². The van der Waals surface area contributed by atoms with Crippen molar-refractivity contribution in [2.45, 2.75) is 132 Å². The van der Waals surface area contributed by atoms with Crippen molar-refractivity contribution in [2.75, 3.05) is 39.9 Å². The Kier molecular flexibility index (Phi) is 15.6. The lowest BCUT2D eigenvalue weighted by Gasteiger charge is -2.49. The van der Waals surface area contributed by atoms with Crippen LogP contribution >= 0.6 is 0 Å². The molecule has 1 saturated heterocycles. The highest BCUT2D eigenvalue weighted by molar-refractivity contribution is 5.80. The fourth-order valence-electron chi connectivity index (χ4n) is 6.17. The Balaban J connectivity index is 2.01. The van der Waals surface area contributed by atoms with E-state index in [1.54, 1.807) is 26.8 Å². The quantitative estimate of drug-likeness (QED) is 0.0759. The first-order valence-corrected chi connectivity index (χ1v) is 16.9. The maximum absolute atomic E-state index is 13.1. The molecule has 14 N–H and O–H groups in total. The van der Waals surface area contributed by atoms with Gasteiger partial charge in [-0.05, 0) is 66.6 Å². The second kappa shape index (κ2) is 18.5. The maximum atomic E-state index is 13.1. The molecule has 0 aromatic carbocycles. The Morgan fingerprint density at radius 2 is 1.70 bits per heavy atom. The van der Waals surface area contributed by atoms with Gasteiger partial charge in [-0.15, -0.1) is 0 Å². The number of alkyl carbamates (subject to hydrolysis) is 1. The summed E-state index contributed by atoms with van der Waals surface area (Å²) in [5.41, 5.74) is 9.01. The summed E-state index contributed by atoms with van der Waals surface area (Å²) in [7, 11) is 1.54. The number of nitrogens with two attached hydrogens (primary N) is 2. The number of likely N-dealkylation sites (N-methyl/N-ethyl adjacent to an activating group) is 1. The largest absolute Gasteiger partial charge is 0.467 e. The maximum Gasteiger partial charge on any atom is 0.407 e. The summed E-state index contributed by atoms with van der Waals surface area (Å²) in [4.78, 5) is 26.2. The molecule has 1 aliphatic carbocycles. The van der Waals surface area contributed by atoms with E-state index in [9.17, 15) is 40.2 Å². The minimum atomic E-state index is -1.67. The van der Waals surface area contributed by atoms with Crippen LogP contribution in [0, 0.1) is 0 Å². The molecule has 2 aliphatic heterocycles. The van der Waals surface area contributed by atoms with Crippen LogP contribution in [0.5, 0.6) is 0 Å². The smallest absolute Gasteiger partial charge is 0.407 e. The highest BCUT2D eigenvalue weighted by Crippen LogP contribution is 2.33. The molecule has 50 heavy (non-hydrogen) atoms.